The van der Waals surface area contributed by atoms with Crippen molar-refractivity contribution in [1.29, 1.82) is 0 Å². The smallest absolute Gasteiger partial charge is 0 e. The van der Waals surface area contributed by atoms with Gasteiger partial charge in [0, 0.05) is 19.5 Å². The van der Waals surface area contributed by atoms with Gasteiger partial charge >= 0.3 is 37.8 Å². The van der Waals surface area contributed by atoms with Crippen molar-refractivity contribution in [1.82, 2.24) is 0 Å². The summed E-state index contributed by atoms with van der Waals surface area (Å²) in [6.45, 7) is 0. The molecule has 0 aliphatic rings. The summed E-state index contributed by atoms with van der Waals surface area (Å²) in [4.78, 5) is 0. The molecular formula is HF6RhSb. The molecule has 0 saturated carbocycles. The van der Waals surface area contributed by atoms with Crippen molar-refractivity contribution in [3.05, 3.63) is 0 Å². The van der Waals surface area contributed by atoms with Crippen LogP contribution in [0, 0.1) is 0 Å². The van der Waals surface area contributed by atoms with Gasteiger partial charge in [-0.05, 0) is 0 Å². The summed E-state index contributed by atoms with van der Waals surface area (Å²) >= 11 is -11.2. The molecule has 0 atom stereocenters. The molecule has 0 amide bonds. The third kappa shape index (κ3) is 244. The Hall–Kier alpha value is 1.02. The molecule has 1 radical (unpaired) electrons. The van der Waals surface area contributed by atoms with Crippen LogP contribution in [0.1, 0.15) is 1.43 Å². The van der Waals surface area contributed by atoms with Gasteiger partial charge in [-0.2, -0.15) is 0 Å². The maximum Gasteiger partial charge on any atom is 1.00 e. The van der Waals surface area contributed by atoms with E-state index in [2.05, 4.69) is 0 Å². The SMILES string of the molecule is [F][Sb-]([F])([F])([F])([F])[F].[H+].[Rh]. The molecule has 0 saturated heterocycles. The van der Waals surface area contributed by atoms with Gasteiger partial charge in [-0.25, -0.2) is 0 Å². The summed E-state index contributed by atoms with van der Waals surface area (Å²) in [5.41, 5.74) is 0. The van der Waals surface area contributed by atoms with Gasteiger partial charge in [-0.3, -0.25) is 0 Å². The number of hydrogen-bond donors (Lipinski definition) is 0. The first-order valence-corrected chi connectivity index (χ1v) is 6.80. The van der Waals surface area contributed by atoms with Gasteiger partial charge in [0.25, 0.3) is 0 Å². The van der Waals surface area contributed by atoms with Crippen LogP contribution in [-0.2, 0) is 19.5 Å². The second-order valence-corrected chi connectivity index (χ2v) is 6.43. The quantitative estimate of drug-likeness (QED) is 0.469. The molecule has 8 heavy (non-hydrogen) atoms. The molecule has 0 fully saturated rings. The second kappa shape index (κ2) is 1.54. The normalized spacial score (nSPS) is 20.2. The van der Waals surface area contributed by atoms with E-state index in [-0.39, 0.29) is 20.9 Å². The van der Waals surface area contributed by atoms with Gasteiger partial charge in [-0.1, -0.05) is 0 Å². The Balaban J connectivity index is -0.000000180. The maximum absolute atomic E-state index is 11.2. The van der Waals surface area contributed by atoms with Crippen molar-refractivity contribution in [3.8, 4) is 0 Å². The van der Waals surface area contributed by atoms with Crippen LogP contribution in [0.2, 0.25) is 0 Å². The molecule has 0 nitrogen and oxygen atoms in total. The Morgan fingerprint density at radius 3 is 0.750 bits per heavy atom. The minimum Gasteiger partial charge on any atom is 0 e. The van der Waals surface area contributed by atoms with Crippen LogP contribution >= 0.6 is 0 Å². The predicted octanol–water partition coefficient (Wildman–Crippen LogP) is 2.25. The molecule has 0 bridgehead atoms. The van der Waals surface area contributed by atoms with E-state index >= 15 is 0 Å². The van der Waals surface area contributed by atoms with Crippen molar-refractivity contribution < 1.29 is 37.8 Å². The zero-order valence-corrected chi connectivity index (χ0v) is 7.24. The minimum atomic E-state index is -11.2. The summed E-state index contributed by atoms with van der Waals surface area (Å²) in [6, 6.07) is 0. The zero-order chi connectivity index (χ0) is 6.41. The average Bonchev–Trinajstić information content (AvgIpc) is 0.592. The largest absolute Gasteiger partial charge is 1.00 e. The molecule has 0 unspecified atom stereocenters. The molecule has 0 N–H and O–H groups in total. The number of halogens is 6. The molecule has 0 heterocycles. The topological polar surface area (TPSA) is 0 Å². The van der Waals surface area contributed by atoms with E-state index in [9.17, 15) is 16.9 Å². The predicted molar refractivity (Wildman–Crippen MR) is 13.5 cm³/mol. The van der Waals surface area contributed by atoms with E-state index in [1.165, 1.54) is 0 Å². The van der Waals surface area contributed by atoms with Gasteiger partial charge in [0.1, 0.15) is 0 Å². The first kappa shape index (κ1) is 11.8. The van der Waals surface area contributed by atoms with Crippen LogP contribution in [0.15, 0.2) is 0 Å². The summed E-state index contributed by atoms with van der Waals surface area (Å²) in [5, 5.41) is 0. The number of rotatable bonds is 0. The van der Waals surface area contributed by atoms with E-state index in [4.69, 9.17) is 0 Å². The Morgan fingerprint density at radius 1 is 0.750 bits per heavy atom. The van der Waals surface area contributed by atoms with Gasteiger partial charge in [-0.15, -0.1) is 0 Å². The molecule has 0 aromatic carbocycles. The van der Waals surface area contributed by atoms with E-state index in [1.807, 2.05) is 0 Å². The Labute approximate surface area is 57.4 Å². The molecule has 0 aromatic rings. The first-order valence-electron chi connectivity index (χ1n) is 1.01. The Kier molecular flexibility index (Phi) is 2.27. The second-order valence-electron chi connectivity index (χ2n) is 0.958. The van der Waals surface area contributed by atoms with Gasteiger partial charge in [0.2, 0.25) is 0 Å². The van der Waals surface area contributed by atoms with Crippen molar-refractivity contribution in [2.45, 2.75) is 0 Å². The van der Waals surface area contributed by atoms with Crippen LogP contribution in [-0.4, -0.2) is 19.5 Å². The molecule has 0 aromatic heterocycles. The number of hydrogen-bond acceptors (Lipinski definition) is 0. The van der Waals surface area contributed by atoms with Gasteiger partial charge in [0.05, 0.1) is 0 Å². The third-order valence-electron chi connectivity index (χ3n) is 0. The molecule has 0 rings (SSSR count). The van der Waals surface area contributed by atoms with E-state index in [0.717, 1.165) is 0 Å². The van der Waals surface area contributed by atoms with Crippen LogP contribution in [0.5, 0.6) is 0 Å². The molecule has 8 heteroatoms. The van der Waals surface area contributed by atoms with Crippen LogP contribution in [0.25, 0.3) is 0 Å². The average molecular weight is 340 g/mol. The molecule has 0 aliphatic heterocycles. The van der Waals surface area contributed by atoms with Crippen molar-refractivity contribution >= 4 is 19.5 Å². The summed E-state index contributed by atoms with van der Waals surface area (Å²) < 4.78 is 59.6. The molecule has 0 spiro atoms. The van der Waals surface area contributed by atoms with Crippen molar-refractivity contribution in [3.63, 3.8) is 0 Å². The van der Waals surface area contributed by atoms with Crippen LogP contribution in [0.4, 0.5) is 16.9 Å². The van der Waals surface area contributed by atoms with E-state index in [1.54, 1.807) is 0 Å². The fourth-order valence-corrected chi connectivity index (χ4v) is 0. The van der Waals surface area contributed by atoms with Crippen LogP contribution in [0.3, 0.4) is 0 Å². The molecular weight excluding hydrogens is 339 g/mol. The first-order chi connectivity index (χ1) is 2.45. The van der Waals surface area contributed by atoms with E-state index < -0.39 is 19.5 Å². The fourth-order valence-electron chi connectivity index (χ4n) is 0. The zero-order valence-electron chi connectivity index (χ0n) is 4.05. The summed E-state index contributed by atoms with van der Waals surface area (Å²) in [7, 11) is 0. The Morgan fingerprint density at radius 2 is 0.750 bits per heavy atom. The standard InChI is InChI=1S/6FH.Rh.Sb/h6*1H;;/q;;;;;;;+5/p-5. The van der Waals surface area contributed by atoms with Gasteiger partial charge in [0.15, 0.2) is 0 Å². The summed E-state index contributed by atoms with van der Waals surface area (Å²) in [6.07, 6.45) is 0. The van der Waals surface area contributed by atoms with E-state index in [0.29, 0.717) is 0 Å². The molecule has 0 aliphatic carbocycles. The maximum atomic E-state index is 9.93. The Bertz CT molecular complexity index is 71.6. The van der Waals surface area contributed by atoms with Crippen molar-refractivity contribution in [2.75, 3.05) is 0 Å². The van der Waals surface area contributed by atoms with Crippen molar-refractivity contribution in [2.24, 2.45) is 0 Å². The van der Waals surface area contributed by atoms with Gasteiger partial charge < -0.3 is 0 Å². The summed E-state index contributed by atoms with van der Waals surface area (Å²) in [5.74, 6) is 0. The third-order valence-corrected chi connectivity index (χ3v) is 0. The monoisotopic (exact) mass is 339 g/mol. The molecule has 57 valence electrons. The minimum absolute atomic E-state index is 0. The fraction of sp³-hybridized carbons (Fsp3) is 0. The van der Waals surface area contributed by atoms with Crippen LogP contribution < -0.4 is 0 Å².